The molecule has 0 radical (unpaired) electrons. The topological polar surface area (TPSA) is 276 Å². The zero-order chi connectivity index (χ0) is 57.6. The van der Waals surface area contributed by atoms with E-state index in [1.54, 1.807) is 0 Å². The van der Waals surface area contributed by atoms with Crippen LogP contribution in [0.3, 0.4) is 0 Å². The van der Waals surface area contributed by atoms with Crippen molar-refractivity contribution in [3.05, 3.63) is 131 Å². The Labute approximate surface area is 477 Å². The number of amides is 9. The first-order valence-electron chi connectivity index (χ1n) is 28.3. The SMILES string of the molecule is CC(C)C[C@@H]1NC(=O)[C@@H]2CCCN2C(=O)[C@H](Cc2ccccc2)NC(=O)CSC[C@@H](C(N)=O)NC(=O)[C@H](Cc2ccc(-c3ccccc3)cc2)NC(=O)[C@@H]2Cc3ccccc3CN2C(=O)[C@@H]2CCCN2C(=O)[C@H](CCCCN)NC1=O. The van der Waals surface area contributed by atoms with E-state index in [2.05, 4.69) is 26.6 Å². The number of nitrogens with zero attached hydrogens (tertiary/aromatic N) is 3. The van der Waals surface area contributed by atoms with Crippen LogP contribution in [0.25, 0.3) is 11.1 Å². The Kier molecular flexibility index (Phi) is 20.7. The summed E-state index contributed by atoms with van der Waals surface area (Å²) < 4.78 is 0. The minimum absolute atomic E-state index is 0.0268. The first-order chi connectivity index (χ1) is 39.1. The molecule has 19 nitrogen and oxygen atoms in total. The van der Waals surface area contributed by atoms with Gasteiger partial charge in [-0.15, -0.1) is 11.8 Å². The Morgan fingerprint density at radius 2 is 1.12 bits per heavy atom. The molecule has 4 aliphatic heterocycles. The van der Waals surface area contributed by atoms with Crippen LogP contribution in [0.4, 0.5) is 0 Å². The molecule has 0 saturated carbocycles. The molecular weight excluding hydrogens is 1050 g/mol. The van der Waals surface area contributed by atoms with E-state index in [0.717, 1.165) is 39.6 Å². The summed E-state index contributed by atoms with van der Waals surface area (Å²) in [6, 6.07) is 24.8. The maximum atomic E-state index is 15.3. The molecule has 0 spiro atoms. The summed E-state index contributed by atoms with van der Waals surface area (Å²) in [6.45, 7) is 4.59. The van der Waals surface area contributed by atoms with Crippen LogP contribution in [0.5, 0.6) is 0 Å². The fourth-order valence-electron chi connectivity index (χ4n) is 11.4. The van der Waals surface area contributed by atoms with E-state index in [4.69, 9.17) is 11.5 Å². The van der Waals surface area contributed by atoms with Crippen molar-refractivity contribution in [1.29, 1.82) is 0 Å². The van der Waals surface area contributed by atoms with Gasteiger partial charge in [-0.25, -0.2) is 0 Å². The highest BCUT2D eigenvalue weighted by atomic mass is 32.2. The fourth-order valence-corrected chi connectivity index (χ4v) is 12.2. The molecule has 0 unspecified atom stereocenters. The van der Waals surface area contributed by atoms with E-state index in [1.165, 1.54) is 14.7 Å². The van der Waals surface area contributed by atoms with Crippen molar-refractivity contribution in [2.45, 2.75) is 139 Å². The molecule has 9 N–H and O–H groups in total. The highest BCUT2D eigenvalue weighted by molar-refractivity contribution is 8.00. The van der Waals surface area contributed by atoms with Crippen molar-refractivity contribution in [2.24, 2.45) is 17.4 Å². The summed E-state index contributed by atoms with van der Waals surface area (Å²) in [6.07, 6.45) is 3.11. The van der Waals surface area contributed by atoms with Crippen LogP contribution in [-0.4, -0.2) is 147 Å². The predicted molar refractivity (Wildman–Crippen MR) is 308 cm³/mol. The average molecular weight is 1130 g/mol. The van der Waals surface area contributed by atoms with Gasteiger partial charge in [0, 0.05) is 44.6 Å². The lowest BCUT2D eigenvalue weighted by Crippen LogP contribution is -2.61. The number of unbranched alkanes of at least 4 members (excludes halogenated alkanes) is 1. The van der Waals surface area contributed by atoms with Crippen LogP contribution in [-0.2, 0) is 69.0 Å². The van der Waals surface area contributed by atoms with E-state index >= 15 is 14.4 Å². The van der Waals surface area contributed by atoms with Crippen LogP contribution in [0.2, 0.25) is 0 Å². The van der Waals surface area contributed by atoms with Gasteiger partial charge in [0.1, 0.15) is 48.3 Å². The maximum Gasteiger partial charge on any atom is 0.246 e. The number of primary amides is 1. The van der Waals surface area contributed by atoms with Gasteiger partial charge in [0.2, 0.25) is 53.2 Å². The molecule has 20 heteroatoms. The molecule has 4 heterocycles. The number of rotatable bonds is 12. The van der Waals surface area contributed by atoms with E-state index in [9.17, 15) is 28.8 Å². The predicted octanol–water partition coefficient (Wildman–Crippen LogP) is 2.91. The molecule has 8 rings (SSSR count). The molecule has 0 aromatic heterocycles. The second-order valence-corrected chi connectivity index (χ2v) is 23.0. The average Bonchev–Trinajstić information content (AvgIpc) is 4.41. The molecule has 8 atom stereocenters. The minimum Gasteiger partial charge on any atom is -0.368 e. The van der Waals surface area contributed by atoms with Gasteiger partial charge in [-0.05, 0) is 97.2 Å². The summed E-state index contributed by atoms with van der Waals surface area (Å²) in [5, 5.41) is 14.4. The Morgan fingerprint density at radius 1 is 0.568 bits per heavy atom. The third-order valence-corrected chi connectivity index (χ3v) is 16.7. The number of nitrogens with two attached hydrogens (primary N) is 2. The van der Waals surface area contributed by atoms with Crippen LogP contribution >= 0.6 is 11.8 Å². The summed E-state index contributed by atoms with van der Waals surface area (Å²) in [5.41, 5.74) is 16.8. The zero-order valence-corrected chi connectivity index (χ0v) is 47.0. The summed E-state index contributed by atoms with van der Waals surface area (Å²) in [7, 11) is 0. The van der Waals surface area contributed by atoms with Crippen molar-refractivity contribution in [1.82, 2.24) is 41.3 Å². The number of fused-ring (bicyclic) bond motifs is 4. The quantitative estimate of drug-likeness (QED) is 0.101. The number of carbonyl (C=O) groups excluding carboxylic acids is 9. The lowest BCUT2D eigenvalue weighted by Gasteiger charge is -2.40. The Balaban J connectivity index is 1.15. The van der Waals surface area contributed by atoms with Gasteiger partial charge < -0.3 is 52.8 Å². The molecule has 4 aliphatic rings. The molecule has 3 saturated heterocycles. The highest BCUT2D eigenvalue weighted by Crippen LogP contribution is 2.30. The van der Waals surface area contributed by atoms with Gasteiger partial charge in [0.25, 0.3) is 0 Å². The van der Waals surface area contributed by atoms with Crippen LogP contribution < -0.4 is 38.1 Å². The van der Waals surface area contributed by atoms with Crippen molar-refractivity contribution in [2.75, 3.05) is 31.1 Å². The Hall–Kier alpha value is -7.58. The molecule has 430 valence electrons. The van der Waals surface area contributed by atoms with Crippen LogP contribution in [0.1, 0.15) is 87.5 Å². The molecule has 0 aliphatic carbocycles. The van der Waals surface area contributed by atoms with Crippen LogP contribution in [0.15, 0.2) is 109 Å². The highest BCUT2D eigenvalue weighted by Gasteiger charge is 2.45. The largest absolute Gasteiger partial charge is 0.368 e. The van der Waals surface area contributed by atoms with Gasteiger partial charge in [-0.1, -0.05) is 123 Å². The summed E-state index contributed by atoms with van der Waals surface area (Å²) in [4.78, 5) is 135. The van der Waals surface area contributed by atoms with Gasteiger partial charge in [-0.2, -0.15) is 0 Å². The van der Waals surface area contributed by atoms with Gasteiger partial charge in [0.15, 0.2) is 0 Å². The van der Waals surface area contributed by atoms with Gasteiger partial charge in [-0.3, -0.25) is 43.2 Å². The number of nitrogens with one attached hydrogen (secondary N) is 5. The number of benzene rings is 4. The third-order valence-electron chi connectivity index (χ3n) is 15.6. The van der Waals surface area contributed by atoms with E-state index in [-0.39, 0.29) is 75.6 Å². The lowest BCUT2D eigenvalue weighted by molar-refractivity contribution is -0.150. The number of thioether (sulfide) groups is 1. The molecule has 0 bridgehead atoms. The normalized spacial score (nSPS) is 24.9. The van der Waals surface area contributed by atoms with Gasteiger partial charge in [0.05, 0.1) is 5.75 Å². The molecule has 81 heavy (non-hydrogen) atoms. The minimum atomic E-state index is -1.31. The van der Waals surface area contributed by atoms with Crippen LogP contribution in [0, 0.1) is 5.92 Å². The second-order valence-electron chi connectivity index (χ2n) is 22.0. The smallest absolute Gasteiger partial charge is 0.246 e. The summed E-state index contributed by atoms with van der Waals surface area (Å²) >= 11 is 1.01. The monoisotopic (exact) mass is 1120 g/mol. The van der Waals surface area contributed by atoms with Gasteiger partial charge >= 0.3 is 0 Å². The molecule has 9 amide bonds. The Bertz CT molecular complexity index is 2890. The first kappa shape index (κ1) is 59.5. The zero-order valence-electron chi connectivity index (χ0n) is 46.2. The molecular formula is C61H76N10O9S. The first-order valence-corrected chi connectivity index (χ1v) is 29.5. The third kappa shape index (κ3) is 15.5. The standard InChI is InChI=1S/C61H76N10O9S/c1-38(2)31-46-55(74)65-45(21-11-12-28-62)59(78)70-30-14-23-51(70)61(80)71-35-44-20-10-9-19-43(44)34-52(71)58(77)67-47(32-40-24-26-42(27-25-40)41-17-7-4-8-18-41)56(75)68-49(54(63)73)36-81-37-53(72)64-48(33-39-15-5-3-6-16-39)60(79)69-29-13-22-50(69)57(76)66-46/h3-10,15-20,24-27,38,45-52H,11-14,21-23,28-37,62H2,1-2H3,(H2,63,73)(H,64,72)(H,65,74)(H,66,76)(H,67,77)(H,68,75)/t45-,46-,47-,48-,49-,50-,51-,52-/m0/s1. The molecule has 4 aromatic rings. The van der Waals surface area contributed by atoms with Crippen molar-refractivity contribution >= 4 is 64.9 Å². The number of hydrogen-bond acceptors (Lipinski definition) is 11. The molecule has 4 aromatic carbocycles. The Morgan fingerprint density at radius 3 is 1.80 bits per heavy atom. The number of hydrogen-bond donors (Lipinski definition) is 7. The molecule has 3 fully saturated rings. The van der Waals surface area contributed by atoms with Crippen molar-refractivity contribution < 1.29 is 43.2 Å². The van der Waals surface area contributed by atoms with Crippen molar-refractivity contribution in [3.63, 3.8) is 0 Å². The number of carbonyl (C=O) groups is 9. The second kappa shape index (κ2) is 28.2. The van der Waals surface area contributed by atoms with E-state index in [1.807, 2.05) is 123 Å². The van der Waals surface area contributed by atoms with Crippen molar-refractivity contribution in [3.8, 4) is 11.1 Å². The van der Waals surface area contributed by atoms with E-state index in [0.29, 0.717) is 44.2 Å². The van der Waals surface area contributed by atoms with E-state index < -0.39 is 101 Å². The lowest BCUT2D eigenvalue weighted by atomic mass is 9.92. The fraction of sp³-hybridized carbons (Fsp3) is 0.459. The maximum absolute atomic E-state index is 15.3. The summed E-state index contributed by atoms with van der Waals surface area (Å²) in [5.74, 6) is -5.91.